The lowest BCUT2D eigenvalue weighted by atomic mass is 10.3. The molecule has 0 unspecified atom stereocenters. The Hall–Kier alpha value is -1.83. The van der Waals surface area contributed by atoms with Gasteiger partial charge in [0, 0.05) is 12.2 Å². The molecule has 3 rings (SSSR count). The maximum Gasteiger partial charge on any atom is 0.417 e. The second kappa shape index (κ2) is 5.18. The van der Waals surface area contributed by atoms with E-state index in [1.165, 1.54) is 0 Å². The van der Waals surface area contributed by atoms with E-state index in [0.29, 0.717) is 18.4 Å². The van der Waals surface area contributed by atoms with Crippen molar-refractivity contribution in [2.24, 2.45) is 0 Å². The summed E-state index contributed by atoms with van der Waals surface area (Å²) in [7, 11) is 0. The number of rotatable bonds is 4. The van der Waals surface area contributed by atoms with Gasteiger partial charge in [-0.15, -0.1) is 10.2 Å². The van der Waals surface area contributed by atoms with E-state index in [-0.39, 0.29) is 10.8 Å². The third-order valence-corrected chi connectivity index (χ3v) is 3.46. The Kier molecular flexibility index (Phi) is 3.48. The number of nitrogens with zero attached hydrogens (tertiary/aromatic N) is 4. The van der Waals surface area contributed by atoms with Crippen molar-refractivity contribution in [1.82, 2.24) is 19.7 Å². The largest absolute Gasteiger partial charge is 0.417 e. The van der Waals surface area contributed by atoms with Crippen molar-refractivity contribution in [1.29, 1.82) is 0 Å². The van der Waals surface area contributed by atoms with Crippen molar-refractivity contribution >= 4 is 17.4 Å². The van der Waals surface area contributed by atoms with Gasteiger partial charge in [-0.05, 0) is 18.9 Å². The second-order valence-corrected chi connectivity index (χ2v) is 5.20. The number of hydrogen-bond donors (Lipinski definition) is 1. The molecular weight excluding hydrogens is 307 g/mol. The molecule has 1 aliphatic rings. The number of aromatic nitrogens is 4. The predicted molar refractivity (Wildman–Crippen MR) is 69.9 cm³/mol. The molecule has 0 amide bonds. The maximum atomic E-state index is 12.5. The van der Waals surface area contributed by atoms with Crippen LogP contribution in [0.3, 0.4) is 0 Å². The van der Waals surface area contributed by atoms with Crippen molar-refractivity contribution in [2.45, 2.75) is 31.6 Å². The molecule has 1 N–H and O–H groups in total. The van der Waals surface area contributed by atoms with Crippen molar-refractivity contribution in [3.05, 3.63) is 35.0 Å². The predicted octanol–water partition coefficient (Wildman–Crippen LogP) is 3.29. The molecule has 2 heterocycles. The van der Waals surface area contributed by atoms with Gasteiger partial charge in [0.15, 0.2) is 5.82 Å². The molecule has 1 fully saturated rings. The zero-order chi connectivity index (χ0) is 15.0. The molecule has 5 nitrogen and oxygen atoms in total. The summed E-state index contributed by atoms with van der Waals surface area (Å²) in [6.07, 6.45) is 0.117. The summed E-state index contributed by atoms with van der Waals surface area (Å²) in [5.41, 5.74) is -0.876. The number of hydrogen-bond acceptors (Lipinski definition) is 4. The zero-order valence-corrected chi connectivity index (χ0v) is 11.5. The second-order valence-electron chi connectivity index (χ2n) is 4.79. The van der Waals surface area contributed by atoms with E-state index in [2.05, 4.69) is 20.5 Å². The summed E-state index contributed by atoms with van der Waals surface area (Å²) in [6, 6.07) is 1.27. The highest BCUT2D eigenvalue weighted by molar-refractivity contribution is 6.32. The summed E-state index contributed by atoms with van der Waals surface area (Å²) in [5, 5.41) is 10.6. The number of alkyl halides is 3. The summed E-state index contributed by atoms with van der Waals surface area (Å²) >= 11 is 5.82. The van der Waals surface area contributed by atoms with Gasteiger partial charge in [-0.25, -0.2) is 4.98 Å². The summed E-state index contributed by atoms with van der Waals surface area (Å²) in [4.78, 5) is 3.71. The van der Waals surface area contributed by atoms with Gasteiger partial charge in [0.05, 0.1) is 17.1 Å². The first-order valence-electron chi connectivity index (χ1n) is 6.30. The third kappa shape index (κ3) is 3.10. The van der Waals surface area contributed by atoms with Gasteiger partial charge in [0.25, 0.3) is 0 Å². The summed E-state index contributed by atoms with van der Waals surface area (Å²) in [6.45, 7) is 0.300. The topological polar surface area (TPSA) is 55.6 Å². The average Bonchev–Trinajstić information content (AvgIpc) is 3.15. The monoisotopic (exact) mass is 317 g/mol. The van der Waals surface area contributed by atoms with Crippen LogP contribution in [-0.2, 0) is 12.7 Å². The van der Waals surface area contributed by atoms with Crippen LogP contribution in [0.1, 0.15) is 30.3 Å². The number of anilines is 1. The Balaban J connectivity index is 1.72. The van der Waals surface area contributed by atoms with E-state index in [1.807, 2.05) is 4.57 Å². The lowest BCUT2D eigenvalue weighted by Gasteiger charge is -2.11. The lowest BCUT2D eigenvalue weighted by Crippen LogP contribution is -2.10. The fourth-order valence-electron chi connectivity index (χ4n) is 1.94. The standard InChI is InChI=1S/C12H11ClF3N5/c13-9-3-7(12(14,15)16)4-17-11(9)18-5-10-20-19-6-21(10)8-1-2-8/h3-4,6,8H,1-2,5H2,(H,17,18). The first-order chi connectivity index (χ1) is 9.95. The van der Waals surface area contributed by atoms with E-state index < -0.39 is 11.7 Å². The van der Waals surface area contributed by atoms with Crippen molar-refractivity contribution < 1.29 is 13.2 Å². The van der Waals surface area contributed by atoms with Crippen LogP contribution in [0.5, 0.6) is 0 Å². The van der Waals surface area contributed by atoms with E-state index in [4.69, 9.17) is 11.6 Å². The molecule has 112 valence electrons. The first-order valence-corrected chi connectivity index (χ1v) is 6.68. The maximum absolute atomic E-state index is 12.5. The molecule has 1 aliphatic carbocycles. The quantitative estimate of drug-likeness (QED) is 0.940. The van der Waals surface area contributed by atoms with Crippen LogP contribution in [0, 0.1) is 0 Å². The molecule has 9 heteroatoms. The van der Waals surface area contributed by atoms with Crippen LogP contribution in [0.25, 0.3) is 0 Å². The molecule has 0 spiro atoms. The third-order valence-electron chi connectivity index (χ3n) is 3.17. The Morgan fingerprint density at radius 1 is 1.38 bits per heavy atom. The molecule has 2 aromatic rings. The first kappa shape index (κ1) is 14.1. The van der Waals surface area contributed by atoms with E-state index in [9.17, 15) is 13.2 Å². The van der Waals surface area contributed by atoms with Gasteiger partial charge >= 0.3 is 6.18 Å². The average molecular weight is 318 g/mol. The normalized spacial score (nSPS) is 15.2. The Morgan fingerprint density at radius 2 is 2.14 bits per heavy atom. The van der Waals surface area contributed by atoms with Gasteiger partial charge in [-0.3, -0.25) is 0 Å². The molecule has 0 atom stereocenters. The van der Waals surface area contributed by atoms with Crippen LogP contribution in [0.15, 0.2) is 18.6 Å². The van der Waals surface area contributed by atoms with Crippen LogP contribution < -0.4 is 5.32 Å². The minimum Gasteiger partial charge on any atom is -0.362 e. The summed E-state index contributed by atoms with van der Waals surface area (Å²) in [5.74, 6) is 0.894. The minimum atomic E-state index is -4.46. The van der Waals surface area contributed by atoms with Crippen molar-refractivity contribution in [3.8, 4) is 0 Å². The van der Waals surface area contributed by atoms with E-state index >= 15 is 0 Å². The number of halogens is 4. The molecule has 1 saturated carbocycles. The zero-order valence-electron chi connectivity index (χ0n) is 10.7. The summed E-state index contributed by atoms with van der Waals surface area (Å²) < 4.78 is 39.5. The van der Waals surface area contributed by atoms with Crippen LogP contribution in [0.2, 0.25) is 5.02 Å². The molecular formula is C12H11ClF3N5. The van der Waals surface area contributed by atoms with Gasteiger partial charge in [0.2, 0.25) is 0 Å². The van der Waals surface area contributed by atoms with Crippen molar-refractivity contribution in [3.63, 3.8) is 0 Å². The Labute approximate surface area is 123 Å². The van der Waals surface area contributed by atoms with Crippen LogP contribution >= 0.6 is 11.6 Å². The fourth-order valence-corrected chi connectivity index (χ4v) is 2.17. The van der Waals surface area contributed by atoms with Crippen LogP contribution in [0.4, 0.5) is 19.0 Å². The highest BCUT2D eigenvalue weighted by Crippen LogP contribution is 2.35. The minimum absolute atomic E-state index is 0.0812. The molecule has 21 heavy (non-hydrogen) atoms. The van der Waals surface area contributed by atoms with Gasteiger partial charge in [-0.2, -0.15) is 13.2 Å². The highest BCUT2D eigenvalue weighted by Gasteiger charge is 2.31. The Morgan fingerprint density at radius 3 is 2.76 bits per heavy atom. The SMILES string of the molecule is FC(F)(F)c1cnc(NCc2nncn2C2CC2)c(Cl)c1. The molecule has 2 aromatic heterocycles. The Bertz CT molecular complexity index is 651. The molecule has 0 radical (unpaired) electrons. The van der Waals surface area contributed by atoms with Crippen LogP contribution in [-0.4, -0.2) is 19.7 Å². The lowest BCUT2D eigenvalue weighted by molar-refractivity contribution is -0.137. The van der Waals surface area contributed by atoms with E-state index in [0.717, 1.165) is 25.1 Å². The van der Waals surface area contributed by atoms with Gasteiger partial charge in [0.1, 0.15) is 12.1 Å². The fraction of sp³-hybridized carbons (Fsp3) is 0.417. The smallest absolute Gasteiger partial charge is 0.362 e. The van der Waals surface area contributed by atoms with Crippen molar-refractivity contribution in [2.75, 3.05) is 5.32 Å². The van der Waals surface area contributed by atoms with Gasteiger partial charge in [-0.1, -0.05) is 11.6 Å². The number of pyridine rings is 1. The number of nitrogens with one attached hydrogen (secondary N) is 1. The molecule has 0 saturated heterocycles. The van der Waals surface area contributed by atoms with E-state index in [1.54, 1.807) is 6.33 Å². The highest BCUT2D eigenvalue weighted by atomic mass is 35.5. The molecule has 0 bridgehead atoms. The molecule has 0 aromatic carbocycles. The molecule has 0 aliphatic heterocycles. The van der Waals surface area contributed by atoms with Gasteiger partial charge < -0.3 is 9.88 Å².